The van der Waals surface area contributed by atoms with Crippen LogP contribution < -0.4 is 0 Å². The summed E-state index contributed by atoms with van der Waals surface area (Å²) in [6.45, 7) is -2.94. The Morgan fingerprint density at radius 2 is 1.53 bits per heavy atom. The van der Waals surface area contributed by atoms with Gasteiger partial charge in [-0.3, -0.25) is 0 Å². The van der Waals surface area contributed by atoms with Crippen LogP contribution in [0, 0.1) is 0 Å². The minimum atomic E-state index is -6.07. The lowest BCUT2D eigenvalue weighted by Gasteiger charge is -2.24. The van der Waals surface area contributed by atoms with Crippen LogP contribution in [0.25, 0.3) is 0 Å². The molecule has 9 heteroatoms. The Morgan fingerprint density at radius 3 is 1.60 bits per heavy atom. The van der Waals surface area contributed by atoms with Crippen molar-refractivity contribution in [3.05, 3.63) is 11.7 Å². The van der Waals surface area contributed by atoms with Crippen molar-refractivity contribution in [3.8, 4) is 0 Å². The Morgan fingerprint density at radius 1 is 1.13 bits per heavy atom. The van der Waals surface area contributed by atoms with Gasteiger partial charge in [0.25, 0.3) is 11.7 Å². The van der Waals surface area contributed by atoms with Crippen molar-refractivity contribution in [1.82, 2.24) is 0 Å². The third-order valence-corrected chi connectivity index (χ3v) is 1.43. The van der Waals surface area contributed by atoms with E-state index in [-0.39, 0.29) is 0 Å². The molecule has 0 spiro atoms. The molecule has 1 N–H and O–H groups in total. The number of hydrogen-bond acceptors (Lipinski definition) is 1. The smallest absolute Gasteiger partial charge is 0.429 e. The van der Waals surface area contributed by atoms with Crippen molar-refractivity contribution in [2.45, 2.75) is 11.8 Å². The molecule has 15 heavy (non-hydrogen) atoms. The summed E-state index contributed by atoms with van der Waals surface area (Å²) < 4.78 is 83.6. The maximum absolute atomic E-state index is 12.8. The van der Waals surface area contributed by atoms with E-state index in [0.717, 1.165) is 0 Å². The molecule has 0 aliphatic heterocycles. The van der Waals surface area contributed by atoms with Crippen molar-refractivity contribution < 1.29 is 40.6 Å². The highest BCUT2D eigenvalue weighted by atomic mass is 19.4. The zero-order chi connectivity index (χ0) is 12.4. The van der Waals surface area contributed by atoms with Gasteiger partial charge in [0.2, 0.25) is 0 Å². The van der Waals surface area contributed by atoms with Gasteiger partial charge in [-0.25, -0.2) is 13.6 Å². The molecule has 0 fully saturated rings. The fourth-order valence-corrected chi connectivity index (χ4v) is 0.684. The molecule has 0 bridgehead atoms. The van der Waals surface area contributed by atoms with Gasteiger partial charge in [0.05, 0.1) is 0 Å². The minimum Gasteiger partial charge on any atom is -0.478 e. The van der Waals surface area contributed by atoms with E-state index in [1.165, 1.54) is 0 Å². The molecule has 0 aromatic heterocycles. The summed E-state index contributed by atoms with van der Waals surface area (Å²) in [6.07, 6.45) is -9.50. The molecule has 0 heterocycles. The normalized spacial score (nSPS) is 15.7. The number of alkyl halides is 5. The summed E-state index contributed by atoms with van der Waals surface area (Å²) in [7, 11) is 0. The van der Waals surface area contributed by atoms with Crippen LogP contribution in [0.2, 0.25) is 0 Å². The van der Waals surface area contributed by atoms with Crippen LogP contribution in [0.15, 0.2) is 11.7 Å². The van der Waals surface area contributed by atoms with E-state index in [4.69, 9.17) is 5.11 Å². The molecule has 0 amide bonds. The van der Waals surface area contributed by atoms with E-state index in [2.05, 4.69) is 0 Å². The molecule has 0 saturated heterocycles. The zero-order valence-corrected chi connectivity index (χ0v) is 6.71. The van der Waals surface area contributed by atoms with Crippen molar-refractivity contribution in [2.24, 2.45) is 0 Å². The lowest BCUT2D eigenvalue weighted by molar-refractivity contribution is -0.223. The van der Waals surface area contributed by atoms with Gasteiger partial charge >= 0.3 is 12.1 Å². The van der Waals surface area contributed by atoms with E-state index < -0.39 is 36.1 Å². The summed E-state index contributed by atoms with van der Waals surface area (Å²) in [5.74, 6) is -2.87. The Labute approximate surface area is 78.0 Å². The van der Waals surface area contributed by atoms with Crippen LogP contribution in [0.4, 0.5) is 30.7 Å². The van der Waals surface area contributed by atoms with Crippen LogP contribution >= 0.6 is 0 Å². The number of carboxylic acids is 1. The average Bonchev–Trinajstić information content (AvgIpc) is 2.00. The van der Waals surface area contributed by atoms with Crippen LogP contribution in [0.1, 0.15) is 0 Å². The summed E-state index contributed by atoms with van der Waals surface area (Å²) in [5, 5.41) is 7.93. The first-order valence-corrected chi connectivity index (χ1v) is 3.18. The van der Waals surface area contributed by atoms with Gasteiger partial charge in [-0.2, -0.15) is 22.0 Å². The first-order valence-electron chi connectivity index (χ1n) is 3.18. The number of carboxylic acid groups (broad SMARTS) is 1. The van der Waals surface area contributed by atoms with E-state index in [9.17, 15) is 35.5 Å². The second kappa shape index (κ2) is 4.07. The second-order valence-corrected chi connectivity index (χ2v) is 2.37. The standard InChI is InChI=1S/C6H3F7O2/c7-1-5(10,6(11,12)13)2(3(8)9)4(14)15/h1H2,(H,14,15)/t5-/m0/s1. The SMILES string of the molecule is O=C(O)C(=C(F)F)[C@@](F)(CF)C(F)(F)F. The number of aliphatic carboxylic acids is 1. The molecule has 0 rings (SSSR count). The van der Waals surface area contributed by atoms with E-state index in [1.807, 2.05) is 0 Å². The minimum absolute atomic E-state index is 2.87. The molecule has 88 valence electrons. The highest BCUT2D eigenvalue weighted by molar-refractivity contribution is 5.89. The van der Waals surface area contributed by atoms with Crippen molar-refractivity contribution in [1.29, 1.82) is 0 Å². The molecule has 0 unspecified atom stereocenters. The quantitative estimate of drug-likeness (QED) is 0.607. The van der Waals surface area contributed by atoms with E-state index in [1.54, 1.807) is 0 Å². The summed E-state index contributed by atoms with van der Waals surface area (Å²) in [5.41, 5.74) is -8.13. The fourth-order valence-electron chi connectivity index (χ4n) is 0.684. The van der Waals surface area contributed by atoms with Gasteiger partial charge in [0.15, 0.2) is 5.57 Å². The Hall–Kier alpha value is -1.28. The molecule has 0 aromatic carbocycles. The second-order valence-electron chi connectivity index (χ2n) is 2.37. The molecular formula is C6H3F7O2. The Bertz CT molecular complexity index is 290. The van der Waals surface area contributed by atoms with E-state index in [0.29, 0.717) is 0 Å². The molecule has 0 aliphatic rings. The number of rotatable bonds is 3. The summed E-state index contributed by atoms with van der Waals surface area (Å²) >= 11 is 0. The van der Waals surface area contributed by atoms with Crippen LogP contribution in [0.5, 0.6) is 0 Å². The molecule has 0 saturated carbocycles. The predicted molar refractivity (Wildman–Crippen MR) is 32.7 cm³/mol. The Kier molecular flexibility index (Phi) is 3.72. The van der Waals surface area contributed by atoms with Crippen molar-refractivity contribution in [3.63, 3.8) is 0 Å². The molecule has 0 aromatic rings. The molecule has 0 aliphatic carbocycles. The third kappa shape index (κ3) is 2.39. The summed E-state index contributed by atoms with van der Waals surface area (Å²) in [4.78, 5) is 9.95. The van der Waals surface area contributed by atoms with Crippen LogP contribution in [-0.2, 0) is 4.79 Å². The Balaban J connectivity index is 5.67. The maximum Gasteiger partial charge on any atom is 0.429 e. The van der Waals surface area contributed by atoms with Crippen LogP contribution in [-0.4, -0.2) is 29.6 Å². The molecular weight excluding hydrogens is 237 g/mol. The fraction of sp³-hybridized carbons (Fsp3) is 0.500. The largest absolute Gasteiger partial charge is 0.478 e. The van der Waals surface area contributed by atoms with E-state index >= 15 is 0 Å². The number of hydrogen-bond donors (Lipinski definition) is 1. The highest BCUT2D eigenvalue weighted by Crippen LogP contribution is 2.41. The van der Waals surface area contributed by atoms with Gasteiger partial charge in [-0.05, 0) is 0 Å². The van der Waals surface area contributed by atoms with Gasteiger partial charge in [0, 0.05) is 0 Å². The lowest BCUT2D eigenvalue weighted by atomic mass is 9.97. The molecule has 1 atom stereocenters. The average molecular weight is 240 g/mol. The number of carbonyl (C=O) groups is 1. The van der Waals surface area contributed by atoms with Crippen molar-refractivity contribution >= 4 is 5.97 Å². The monoisotopic (exact) mass is 240 g/mol. The van der Waals surface area contributed by atoms with Gasteiger partial charge in [-0.1, -0.05) is 0 Å². The van der Waals surface area contributed by atoms with Gasteiger partial charge in [0.1, 0.15) is 6.67 Å². The van der Waals surface area contributed by atoms with Crippen LogP contribution in [0.3, 0.4) is 0 Å². The number of halogens is 7. The highest BCUT2D eigenvalue weighted by Gasteiger charge is 2.62. The molecule has 2 nitrogen and oxygen atoms in total. The molecule has 0 radical (unpaired) electrons. The predicted octanol–water partition coefficient (Wildman–Crippen LogP) is 2.46. The summed E-state index contributed by atoms with van der Waals surface area (Å²) in [6, 6.07) is 0. The first-order chi connectivity index (χ1) is 6.58. The lowest BCUT2D eigenvalue weighted by Crippen LogP contribution is -2.47. The third-order valence-electron chi connectivity index (χ3n) is 1.43. The van der Waals surface area contributed by atoms with Crippen molar-refractivity contribution in [2.75, 3.05) is 6.67 Å². The van der Waals surface area contributed by atoms with Gasteiger partial charge in [-0.15, -0.1) is 0 Å². The maximum atomic E-state index is 12.8. The zero-order valence-electron chi connectivity index (χ0n) is 6.71. The first kappa shape index (κ1) is 13.7. The van der Waals surface area contributed by atoms with Gasteiger partial charge < -0.3 is 5.11 Å². The topological polar surface area (TPSA) is 37.3 Å².